The van der Waals surface area contributed by atoms with Crippen LogP contribution in [0.25, 0.3) is 11.4 Å². The van der Waals surface area contributed by atoms with Gasteiger partial charge in [0.1, 0.15) is 6.04 Å². The Morgan fingerprint density at radius 1 is 1.06 bits per heavy atom. The molecule has 1 atom stereocenters. The average Bonchev–Trinajstić information content (AvgIpc) is 3.31. The quantitative estimate of drug-likeness (QED) is 0.623. The second kappa shape index (κ2) is 8.96. The van der Waals surface area contributed by atoms with Crippen LogP contribution in [0.2, 0.25) is 0 Å². The van der Waals surface area contributed by atoms with Crippen LogP contribution in [0.3, 0.4) is 0 Å². The maximum atomic E-state index is 12.7. The van der Waals surface area contributed by atoms with Crippen LogP contribution in [0, 0.1) is 0 Å². The number of hydrogen-bond donors (Lipinski definition) is 1. The van der Waals surface area contributed by atoms with Crippen LogP contribution in [-0.2, 0) is 14.8 Å². The summed E-state index contributed by atoms with van der Waals surface area (Å²) >= 11 is 0. The molecule has 1 aromatic heterocycles. The Kier molecular flexibility index (Phi) is 6.12. The van der Waals surface area contributed by atoms with Gasteiger partial charge in [0.05, 0.1) is 18.1 Å². The summed E-state index contributed by atoms with van der Waals surface area (Å²) in [6, 6.07) is 14.7. The molecule has 1 amide bonds. The zero-order valence-corrected chi connectivity index (χ0v) is 17.7. The molecule has 0 saturated carbocycles. The number of aromatic nitrogens is 2. The first kappa shape index (κ1) is 21.2. The van der Waals surface area contributed by atoms with Crippen molar-refractivity contribution in [2.45, 2.75) is 17.9 Å². The highest BCUT2D eigenvalue weighted by Gasteiger charge is 2.26. The van der Waals surface area contributed by atoms with E-state index in [1.165, 1.54) is 16.4 Å². The van der Waals surface area contributed by atoms with Gasteiger partial charge in [-0.25, -0.2) is 8.42 Å². The Morgan fingerprint density at radius 3 is 2.42 bits per heavy atom. The molecule has 10 heteroatoms. The van der Waals surface area contributed by atoms with Crippen molar-refractivity contribution in [1.29, 1.82) is 0 Å². The number of rotatable bonds is 6. The molecule has 31 heavy (non-hydrogen) atoms. The largest absolute Gasteiger partial charge is 0.379 e. The lowest BCUT2D eigenvalue weighted by Gasteiger charge is -2.26. The van der Waals surface area contributed by atoms with Gasteiger partial charge in [-0.2, -0.15) is 9.29 Å². The number of ether oxygens (including phenoxy) is 1. The molecule has 1 aliphatic rings. The lowest BCUT2D eigenvalue weighted by atomic mass is 10.2. The second-order valence-corrected chi connectivity index (χ2v) is 9.00. The second-order valence-electron chi connectivity index (χ2n) is 7.06. The number of amides is 1. The summed E-state index contributed by atoms with van der Waals surface area (Å²) in [5.41, 5.74) is 1.14. The van der Waals surface area contributed by atoms with Crippen molar-refractivity contribution >= 4 is 15.9 Å². The van der Waals surface area contributed by atoms with Gasteiger partial charge in [0.15, 0.2) is 0 Å². The highest BCUT2D eigenvalue weighted by molar-refractivity contribution is 7.89. The number of hydrogen-bond acceptors (Lipinski definition) is 7. The lowest BCUT2D eigenvalue weighted by molar-refractivity contribution is 0.0730. The summed E-state index contributed by atoms with van der Waals surface area (Å²) in [7, 11) is -3.57. The van der Waals surface area contributed by atoms with E-state index in [-0.39, 0.29) is 16.7 Å². The van der Waals surface area contributed by atoms with E-state index in [0.29, 0.717) is 43.3 Å². The summed E-state index contributed by atoms with van der Waals surface area (Å²) in [5, 5.41) is 6.77. The Hall–Kier alpha value is -3.08. The Bertz CT molecular complexity index is 1140. The first-order valence-corrected chi connectivity index (χ1v) is 11.3. The molecule has 1 aliphatic heterocycles. The van der Waals surface area contributed by atoms with Crippen LogP contribution >= 0.6 is 0 Å². The zero-order chi connectivity index (χ0) is 21.8. The monoisotopic (exact) mass is 442 g/mol. The van der Waals surface area contributed by atoms with E-state index < -0.39 is 16.1 Å². The lowest BCUT2D eigenvalue weighted by Crippen LogP contribution is -2.40. The van der Waals surface area contributed by atoms with Crippen molar-refractivity contribution in [3.63, 3.8) is 0 Å². The summed E-state index contributed by atoms with van der Waals surface area (Å²) < 4.78 is 37.4. The molecule has 1 saturated heterocycles. The normalized spacial score (nSPS) is 16.0. The molecule has 2 aromatic carbocycles. The fourth-order valence-corrected chi connectivity index (χ4v) is 4.58. The number of sulfonamides is 1. The number of nitrogens with zero attached hydrogens (tertiary/aromatic N) is 3. The summed E-state index contributed by atoms with van der Waals surface area (Å²) in [4.78, 5) is 16.8. The van der Waals surface area contributed by atoms with Crippen LogP contribution < -0.4 is 5.32 Å². The molecule has 2 heterocycles. The van der Waals surface area contributed by atoms with Crippen molar-refractivity contribution in [3.05, 3.63) is 66.1 Å². The number of carbonyl (C=O) groups excluding carboxylic acids is 1. The van der Waals surface area contributed by atoms with Gasteiger partial charge in [0.25, 0.3) is 5.91 Å². The molecule has 9 nitrogen and oxygen atoms in total. The van der Waals surface area contributed by atoms with Crippen LogP contribution in [-0.4, -0.2) is 55.1 Å². The van der Waals surface area contributed by atoms with Crippen molar-refractivity contribution in [3.8, 4) is 11.4 Å². The van der Waals surface area contributed by atoms with Crippen LogP contribution in [0.5, 0.6) is 0 Å². The van der Waals surface area contributed by atoms with Crippen LogP contribution in [0.4, 0.5) is 0 Å². The fraction of sp³-hybridized carbons (Fsp3) is 0.286. The summed E-state index contributed by atoms with van der Waals surface area (Å²) in [5.74, 6) is 0.320. The molecule has 1 N–H and O–H groups in total. The topological polar surface area (TPSA) is 115 Å². The Morgan fingerprint density at radius 2 is 1.74 bits per heavy atom. The minimum Gasteiger partial charge on any atom is -0.379 e. The van der Waals surface area contributed by atoms with E-state index in [9.17, 15) is 13.2 Å². The minimum absolute atomic E-state index is 0.199. The number of morpholine rings is 1. The van der Waals surface area contributed by atoms with Crippen molar-refractivity contribution in [2.24, 2.45) is 0 Å². The minimum atomic E-state index is -3.57. The third-order valence-corrected chi connectivity index (χ3v) is 6.83. The van der Waals surface area contributed by atoms with Gasteiger partial charge in [-0.1, -0.05) is 23.4 Å². The maximum Gasteiger partial charge on any atom is 0.251 e. The Balaban J connectivity index is 1.45. The molecule has 3 aromatic rings. The fourth-order valence-electron chi connectivity index (χ4n) is 3.17. The standard InChI is InChI=1S/C21H22N4O5S/c1-15(22-20(26)17-5-3-2-4-6-17)21-23-19(24-30-21)16-7-9-18(10-8-16)31(27,28)25-11-13-29-14-12-25/h2-10,15H,11-14H2,1H3,(H,22,26)/t15-/m0/s1. The SMILES string of the molecule is C[C@H](NC(=O)c1ccccc1)c1nc(-c2ccc(S(=O)(=O)N3CCOCC3)cc2)no1. The van der Waals surface area contributed by atoms with Gasteiger partial charge in [0, 0.05) is 24.2 Å². The summed E-state index contributed by atoms with van der Waals surface area (Å²) in [6.07, 6.45) is 0. The summed E-state index contributed by atoms with van der Waals surface area (Å²) in [6.45, 7) is 3.20. The molecule has 0 aliphatic carbocycles. The number of carbonyl (C=O) groups is 1. The molecular formula is C21H22N4O5S. The molecule has 0 unspecified atom stereocenters. The molecular weight excluding hydrogens is 420 g/mol. The number of nitrogens with one attached hydrogen (secondary N) is 1. The van der Waals surface area contributed by atoms with E-state index >= 15 is 0 Å². The first-order valence-electron chi connectivity index (χ1n) is 9.83. The first-order chi connectivity index (χ1) is 14.9. The van der Waals surface area contributed by atoms with Gasteiger partial charge in [-0.15, -0.1) is 0 Å². The molecule has 4 rings (SSSR count). The van der Waals surface area contributed by atoms with Crippen molar-refractivity contribution < 1.29 is 22.5 Å². The maximum absolute atomic E-state index is 12.7. The van der Waals surface area contributed by atoms with Gasteiger partial charge >= 0.3 is 0 Å². The van der Waals surface area contributed by atoms with Crippen LogP contribution in [0.15, 0.2) is 64.0 Å². The van der Waals surface area contributed by atoms with E-state index in [0.717, 1.165) is 0 Å². The highest BCUT2D eigenvalue weighted by Crippen LogP contribution is 2.23. The molecule has 0 spiro atoms. The van der Waals surface area contributed by atoms with Crippen molar-refractivity contribution in [2.75, 3.05) is 26.3 Å². The molecule has 1 fully saturated rings. The van der Waals surface area contributed by atoms with Gasteiger partial charge < -0.3 is 14.6 Å². The highest BCUT2D eigenvalue weighted by atomic mass is 32.2. The Labute approximate surface area is 180 Å². The number of benzene rings is 2. The van der Waals surface area contributed by atoms with E-state index in [2.05, 4.69) is 15.5 Å². The van der Waals surface area contributed by atoms with E-state index in [4.69, 9.17) is 9.26 Å². The predicted octanol–water partition coefficient (Wildman–Crippen LogP) is 2.25. The third-order valence-electron chi connectivity index (χ3n) is 4.92. The molecule has 0 radical (unpaired) electrons. The average molecular weight is 442 g/mol. The van der Waals surface area contributed by atoms with Gasteiger partial charge in [-0.3, -0.25) is 4.79 Å². The van der Waals surface area contributed by atoms with Gasteiger partial charge in [0.2, 0.25) is 21.7 Å². The molecule has 0 bridgehead atoms. The van der Waals surface area contributed by atoms with Crippen molar-refractivity contribution in [1.82, 2.24) is 19.8 Å². The third kappa shape index (κ3) is 4.66. The predicted molar refractivity (Wildman–Crippen MR) is 112 cm³/mol. The van der Waals surface area contributed by atoms with E-state index in [1.54, 1.807) is 43.3 Å². The van der Waals surface area contributed by atoms with E-state index in [1.807, 2.05) is 6.07 Å². The molecule has 162 valence electrons. The zero-order valence-electron chi connectivity index (χ0n) is 16.9. The van der Waals surface area contributed by atoms with Gasteiger partial charge in [-0.05, 0) is 43.3 Å². The smallest absolute Gasteiger partial charge is 0.251 e. The van der Waals surface area contributed by atoms with Crippen LogP contribution in [0.1, 0.15) is 29.2 Å².